The molecule has 0 amide bonds. The Bertz CT molecular complexity index is 272. The van der Waals surface area contributed by atoms with E-state index >= 15 is 0 Å². The molecule has 0 saturated carbocycles. The molecular weight excluding hydrogens is 162 g/mol. The second-order valence-electron chi connectivity index (χ2n) is 2.60. The first-order valence-electron chi connectivity index (χ1n) is 3.71. The summed E-state index contributed by atoms with van der Waals surface area (Å²) in [6, 6.07) is 0. The van der Waals surface area contributed by atoms with Crippen molar-refractivity contribution in [3.05, 3.63) is 24.8 Å². The van der Waals surface area contributed by atoms with Gasteiger partial charge in [0.15, 0.2) is 0 Å². The van der Waals surface area contributed by atoms with Crippen molar-refractivity contribution in [1.29, 1.82) is 0 Å². The van der Waals surface area contributed by atoms with Crippen molar-refractivity contribution in [2.45, 2.75) is 0 Å². The Labute approximate surface area is 92.7 Å². The predicted molar refractivity (Wildman–Crippen MR) is 45.0 cm³/mol. The number of aromatic nitrogens is 4. The molecule has 0 aliphatic carbocycles. The molecule has 0 aliphatic heterocycles. The Morgan fingerprint density at radius 1 is 1.00 bits per heavy atom. The third-order valence-corrected chi connectivity index (χ3v) is 1.74. The molecule has 0 saturated heterocycles. The Kier molecular flexibility index (Phi) is 3.59. The molecule has 2 rings (SSSR count). The normalized spacial score (nSPS) is 9.33. The summed E-state index contributed by atoms with van der Waals surface area (Å²) < 4.78 is 0. The van der Waals surface area contributed by atoms with Crippen LogP contribution in [0.25, 0.3) is 0 Å². The molecule has 6 heteroatoms. The van der Waals surface area contributed by atoms with E-state index in [-0.39, 0.29) is 36.8 Å². The topological polar surface area (TPSA) is 57.4 Å². The maximum Gasteiger partial charge on any atom is 1.00 e. The fraction of sp³-hybridized carbons (Fsp3) is 0. The third kappa shape index (κ3) is 2.23. The van der Waals surface area contributed by atoms with Gasteiger partial charge in [-0.25, -0.2) is 0 Å². The van der Waals surface area contributed by atoms with Crippen LogP contribution in [0, 0.1) is 0 Å². The minimum atomic E-state index is -0.361. The quantitative estimate of drug-likeness (QED) is 0.444. The Hall–Kier alpha value is -0.515. The smallest absolute Gasteiger partial charge is 0.385 e. The molecule has 56 valence electrons. The number of hydrogen-bond donors (Lipinski definition) is 2. The van der Waals surface area contributed by atoms with Crippen molar-refractivity contribution in [2.75, 3.05) is 0 Å². The van der Waals surface area contributed by atoms with Crippen molar-refractivity contribution in [2.24, 2.45) is 0 Å². The van der Waals surface area contributed by atoms with Crippen molar-refractivity contribution in [3.8, 4) is 0 Å². The van der Waals surface area contributed by atoms with Crippen molar-refractivity contribution >= 4 is 18.7 Å². The van der Waals surface area contributed by atoms with Crippen LogP contribution in [-0.2, 0) is 0 Å². The maximum absolute atomic E-state index is 4.13. The molecule has 0 spiro atoms. The number of hydrogen-bond acceptors (Lipinski definition) is 2. The maximum atomic E-state index is 4.13. The van der Waals surface area contributed by atoms with Crippen LogP contribution >= 0.6 is 0 Å². The second-order valence-corrected chi connectivity index (χ2v) is 2.60. The summed E-state index contributed by atoms with van der Waals surface area (Å²) in [7, 11) is -0.361. The molecule has 12 heavy (non-hydrogen) atoms. The van der Waals surface area contributed by atoms with E-state index in [4.69, 9.17) is 0 Å². The molecule has 0 aliphatic rings. The fourth-order valence-electron chi connectivity index (χ4n) is 1.19. The SMILES string of the molecule is [BH2-](c1ncc[nH]1)c1ncc[nH]1.[Na+]. The molecule has 0 radical (unpaired) electrons. The summed E-state index contributed by atoms with van der Waals surface area (Å²) in [6.45, 7) is 0. The largest absolute Gasteiger partial charge is 1.00 e. The van der Waals surface area contributed by atoms with Crippen LogP contribution in [0.3, 0.4) is 0 Å². The van der Waals surface area contributed by atoms with Gasteiger partial charge in [-0.05, 0) is 0 Å². The number of nitrogens with one attached hydrogen (secondary N) is 2. The molecule has 2 heterocycles. The van der Waals surface area contributed by atoms with E-state index in [1.165, 1.54) is 0 Å². The summed E-state index contributed by atoms with van der Waals surface area (Å²) in [5, 5.41) is 0. The molecule has 4 nitrogen and oxygen atoms in total. The first-order chi connectivity index (χ1) is 5.45. The van der Waals surface area contributed by atoms with E-state index in [0.717, 1.165) is 11.4 Å². The average Bonchev–Trinajstić information content (AvgIpc) is 2.60. The van der Waals surface area contributed by atoms with Gasteiger partial charge >= 0.3 is 29.6 Å². The molecular formula is C6H8BN4Na. The Morgan fingerprint density at radius 2 is 1.50 bits per heavy atom. The first kappa shape index (κ1) is 9.57. The number of rotatable bonds is 2. The van der Waals surface area contributed by atoms with Gasteiger partial charge in [-0.3, -0.25) is 9.97 Å². The molecule has 0 bridgehead atoms. The van der Waals surface area contributed by atoms with Crippen LogP contribution in [-0.4, -0.2) is 27.2 Å². The van der Waals surface area contributed by atoms with E-state index in [2.05, 4.69) is 19.9 Å². The van der Waals surface area contributed by atoms with Crippen LogP contribution < -0.4 is 41.0 Å². The van der Waals surface area contributed by atoms with Crippen molar-refractivity contribution in [1.82, 2.24) is 19.9 Å². The minimum absolute atomic E-state index is 0. The Balaban J connectivity index is 0.000000720. The van der Waals surface area contributed by atoms with Gasteiger partial charge in [-0.15, -0.1) is 0 Å². The van der Waals surface area contributed by atoms with E-state index in [9.17, 15) is 0 Å². The van der Waals surface area contributed by atoms with Crippen LogP contribution in [0.5, 0.6) is 0 Å². The van der Waals surface area contributed by atoms with Gasteiger partial charge in [0.25, 0.3) is 0 Å². The van der Waals surface area contributed by atoms with E-state index < -0.39 is 0 Å². The van der Waals surface area contributed by atoms with Crippen molar-refractivity contribution < 1.29 is 29.6 Å². The van der Waals surface area contributed by atoms with Crippen LogP contribution in [0.15, 0.2) is 24.8 Å². The van der Waals surface area contributed by atoms with E-state index in [0.29, 0.717) is 0 Å². The van der Waals surface area contributed by atoms with Crippen LogP contribution in [0.2, 0.25) is 0 Å². The number of nitrogens with zero attached hydrogens (tertiary/aromatic N) is 2. The summed E-state index contributed by atoms with van der Waals surface area (Å²) >= 11 is 0. The van der Waals surface area contributed by atoms with Gasteiger partial charge in [0.05, 0.1) is 0 Å². The molecule has 2 N–H and O–H groups in total. The monoisotopic (exact) mass is 170 g/mol. The van der Waals surface area contributed by atoms with Gasteiger partial charge in [0.2, 0.25) is 0 Å². The fourth-order valence-corrected chi connectivity index (χ4v) is 1.19. The molecule has 2 aromatic heterocycles. The third-order valence-electron chi connectivity index (χ3n) is 1.74. The van der Waals surface area contributed by atoms with E-state index in [1.54, 1.807) is 12.4 Å². The van der Waals surface area contributed by atoms with Crippen molar-refractivity contribution in [3.63, 3.8) is 0 Å². The Morgan fingerprint density at radius 3 is 1.83 bits per heavy atom. The van der Waals surface area contributed by atoms with Crippen LogP contribution in [0.1, 0.15) is 0 Å². The zero-order valence-electron chi connectivity index (χ0n) is 7.20. The number of imidazole rings is 2. The zero-order chi connectivity index (χ0) is 7.52. The van der Waals surface area contributed by atoms with E-state index in [1.807, 2.05) is 12.4 Å². The minimum Gasteiger partial charge on any atom is -0.385 e. The second kappa shape index (κ2) is 4.50. The summed E-state index contributed by atoms with van der Waals surface area (Å²) in [5.74, 6) is 0. The van der Waals surface area contributed by atoms with Crippen LogP contribution in [0.4, 0.5) is 0 Å². The van der Waals surface area contributed by atoms with Gasteiger partial charge in [-0.2, -0.15) is 0 Å². The van der Waals surface area contributed by atoms with Gasteiger partial charge in [-0.1, -0.05) is 11.4 Å². The zero-order valence-corrected chi connectivity index (χ0v) is 9.20. The summed E-state index contributed by atoms with van der Waals surface area (Å²) in [4.78, 5) is 14.4. The number of H-pyrrole nitrogens is 2. The predicted octanol–water partition coefficient (Wildman–Crippen LogP) is -4.74. The molecule has 0 fully saturated rings. The summed E-state index contributed by atoms with van der Waals surface area (Å²) in [5.41, 5.74) is 2.11. The van der Waals surface area contributed by atoms with Gasteiger partial charge in [0.1, 0.15) is 7.28 Å². The summed E-state index contributed by atoms with van der Waals surface area (Å²) in [6.07, 6.45) is 7.20. The molecule has 0 aromatic carbocycles. The molecule has 0 unspecified atom stereocenters. The number of aromatic amines is 2. The standard InChI is InChI=1S/C6H8BN4.Na/c1-2-9-5(8-1)7-6-10-3-4-11-6;/h1-4H,7H2,(H,8,9)(H,10,11);/q-1;+1. The average molecular weight is 170 g/mol. The first-order valence-corrected chi connectivity index (χ1v) is 3.71. The van der Waals surface area contributed by atoms with Gasteiger partial charge in [0, 0.05) is 24.8 Å². The molecule has 2 aromatic rings. The molecule has 0 atom stereocenters. The van der Waals surface area contributed by atoms with Gasteiger partial charge < -0.3 is 9.97 Å².